The first-order valence-electron chi connectivity index (χ1n) is 4.78. The van der Waals surface area contributed by atoms with Crippen molar-refractivity contribution in [2.24, 2.45) is 0 Å². The van der Waals surface area contributed by atoms with Crippen LogP contribution in [0.2, 0.25) is 0 Å². The third-order valence-electron chi connectivity index (χ3n) is 2.40. The van der Waals surface area contributed by atoms with E-state index >= 15 is 0 Å². The van der Waals surface area contributed by atoms with Crippen molar-refractivity contribution in [2.75, 3.05) is 6.67 Å². The van der Waals surface area contributed by atoms with Crippen molar-refractivity contribution >= 4 is 0 Å². The summed E-state index contributed by atoms with van der Waals surface area (Å²) in [5, 5.41) is 0. The van der Waals surface area contributed by atoms with Crippen molar-refractivity contribution in [3.8, 4) is 0 Å². The van der Waals surface area contributed by atoms with Crippen molar-refractivity contribution in [1.29, 1.82) is 0 Å². The van der Waals surface area contributed by atoms with Gasteiger partial charge in [0.05, 0.1) is 6.67 Å². The van der Waals surface area contributed by atoms with Gasteiger partial charge in [-0.25, -0.2) is 0 Å². The van der Waals surface area contributed by atoms with E-state index in [-0.39, 0.29) is 6.67 Å². The maximum Gasteiger partial charge on any atom is 0.0897 e. The van der Waals surface area contributed by atoms with Crippen LogP contribution in [-0.2, 0) is 6.42 Å². The van der Waals surface area contributed by atoms with Gasteiger partial charge in [-0.3, -0.25) is 4.39 Å². The van der Waals surface area contributed by atoms with Gasteiger partial charge in [0, 0.05) is 0 Å². The third-order valence-corrected chi connectivity index (χ3v) is 2.40. The molecule has 0 aliphatic carbocycles. The largest absolute Gasteiger partial charge is 0.251 e. The molecule has 0 radical (unpaired) electrons. The molecule has 72 valence electrons. The first kappa shape index (κ1) is 10.2. The zero-order valence-corrected chi connectivity index (χ0v) is 8.65. The second-order valence-corrected chi connectivity index (χ2v) is 3.67. The minimum absolute atomic E-state index is 0.216. The Labute approximate surface area is 79.8 Å². The summed E-state index contributed by atoms with van der Waals surface area (Å²) >= 11 is 0. The average molecular weight is 180 g/mol. The minimum Gasteiger partial charge on any atom is -0.251 e. The van der Waals surface area contributed by atoms with Crippen molar-refractivity contribution in [3.05, 3.63) is 34.4 Å². The smallest absolute Gasteiger partial charge is 0.0897 e. The number of hydrogen-bond acceptors (Lipinski definition) is 0. The lowest BCUT2D eigenvalue weighted by molar-refractivity contribution is 0.472. The fourth-order valence-electron chi connectivity index (χ4n) is 1.85. The normalized spacial score (nSPS) is 10.5. The highest BCUT2D eigenvalue weighted by atomic mass is 19.1. The van der Waals surface area contributed by atoms with Gasteiger partial charge in [0.1, 0.15) is 0 Å². The highest BCUT2D eigenvalue weighted by Crippen LogP contribution is 2.17. The molecule has 1 aromatic carbocycles. The quantitative estimate of drug-likeness (QED) is 0.667. The van der Waals surface area contributed by atoms with E-state index in [1.54, 1.807) is 0 Å². The molecular formula is C12H17F. The first-order chi connectivity index (χ1) is 6.15. The molecule has 0 aliphatic rings. The van der Waals surface area contributed by atoms with E-state index in [9.17, 15) is 4.39 Å². The second kappa shape index (κ2) is 4.40. The van der Waals surface area contributed by atoms with Gasteiger partial charge in [-0.2, -0.15) is 0 Å². The first-order valence-corrected chi connectivity index (χ1v) is 4.78. The number of rotatable bonds is 3. The van der Waals surface area contributed by atoms with Crippen LogP contribution in [0.25, 0.3) is 0 Å². The Kier molecular flexibility index (Phi) is 3.47. The molecule has 1 rings (SSSR count). The van der Waals surface area contributed by atoms with Gasteiger partial charge < -0.3 is 0 Å². The lowest BCUT2D eigenvalue weighted by Gasteiger charge is -2.09. The van der Waals surface area contributed by atoms with Gasteiger partial charge in [-0.1, -0.05) is 17.7 Å². The third kappa shape index (κ3) is 2.55. The van der Waals surface area contributed by atoms with E-state index in [0.29, 0.717) is 6.42 Å². The predicted octanol–water partition coefficient (Wildman–Crippen LogP) is 3.51. The van der Waals surface area contributed by atoms with Gasteiger partial charge in [0.2, 0.25) is 0 Å². The molecule has 0 unspecified atom stereocenters. The fourth-order valence-corrected chi connectivity index (χ4v) is 1.85. The molecule has 0 aliphatic heterocycles. The van der Waals surface area contributed by atoms with Crippen molar-refractivity contribution < 1.29 is 4.39 Å². The summed E-state index contributed by atoms with van der Waals surface area (Å²) in [6.45, 7) is 6.09. The molecule has 0 N–H and O–H groups in total. The van der Waals surface area contributed by atoms with Gasteiger partial charge in [-0.05, 0) is 50.3 Å². The Morgan fingerprint density at radius 3 is 2.08 bits per heavy atom. The summed E-state index contributed by atoms with van der Waals surface area (Å²) < 4.78 is 12.0. The monoisotopic (exact) mass is 180 g/mol. The molecule has 0 atom stereocenters. The Bertz CT molecular complexity index is 266. The van der Waals surface area contributed by atoms with E-state index in [0.717, 1.165) is 6.42 Å². The predicted molar refractivity (Wildman–Crippen MR) is 54.9 cm³/mol. The second-order valence-electron chi connectivity index (χ2n) is 3.67. The maximum atomic E-state index is 12.0. The molecule has 0 saturated heterocycles. The van der Waals surface area contributed by atoms with Gasteiger partial charge in [-0.15, -0.1) is 0 Å². The summed E-state index contributed by atoms with van der Waals surface area (Å²) in [5.41, 5.74) is 5.21. The molecule has 13 heavy (non-hydrogen) atoms. The molecule has 1 heteroatoms. The Balaban J connectivity index is 2.92. The summed E-state index contributed by atoms with van der Waals surface area (Å²) in [6.07, 6.45) is 1.51. The Morgan fingerprint density at radius 2 is 1.62 bits per heavy atom. The Morgan fingerprint density at radius 1 is 1.08 bits per heavy atom. The maximum absolute atomic E-state index is 12.0. The zero-order chi connectivity index (χ0) is 9.84. The van der Waals surface area contributed by atoms with Crippen LogP contribution in [0.5, 0.6) is 0 Å². The summed E-state index contributed by atoms with van der Waals surface area (Å²) in [6, 6.07) is 4.33. The molecule has 0 heterocycles. The van der Waals surface area contributed by atoms with Crippen LogP contribution in [-0.4, -0.2) is 6.67 Å². The van der Waals surface area contributed by atoms with E-state index in [1.807, 2.05) is 0 Å². The Hall–Kier alpha value is -0.850. The molecule has 0 aromatic heterocycles. The molecule has 0 amide bonds. The van der Waals surface area contributed by atoms with Gasteiger partial charge in [0.25, 0.3) is 0 Å². The average Bonchev–Trinajstić information content (AvgIpc) is 2.02. The molecule has 0 nitrogen and oxygen atoms in total. The molecule has 0 spiro atoms. The van der Waals surface area contributed by atoms with Crippen molar-refractivity contribution in [2.45, 2.75) is 33.6 Å². The van der Waals surface area contributed by atoms with Gasteiger partial charge >= 0.3 is 0 Å². The van der Waals surface area contributed by atoms with Crippen molar-refractivity contribution in [1.82, 2.24) is 0 Å². The minimum atomic E-state index is -0.216. The van der Waals surface area contributed by atoms with Crippen LogP contribution in [0.3, 0.4) is 0 Å². The zero-order valence-electron chi connectivity index (χ0n) is 8.65. The lowest BCUT2D eigenvalue weighted by Crippen LogP contribution is -1.95. The number of benzene rings is 1. The highest BCUT2D eigenvalue weighted by Gasteiger charge is 2.02. The van der Waals surface area contributed by atoms with Crippen LogP contribution in [0, 0.1) is 20.8 Å². The number of halogens is 1. The molecule has 0 fully saturated rings. The number of alkyl halides is 1. The summed E-state index contributed by atoms with van der Waals surface area (Å²) in [4.78, 5) is 0. The van der Waals surface area contributed by atoms with Crippen LogP contribution in [0.4, 0.5) is 4.39 Å². The lowest BCUT2D eigenvalue weighted by atomic mass is 9.96. The molecular weight excluding hydrogens is 163 g/mol. The number of aryl methyl sites for hydroxylation is 3. The topological polar surface area (TPSA) is 0 Å². The van der Waals surface area contributed by atoms with Crippen molar-refractivity contribution in [3.63, 3.8) is 0 Å². The van der Waals surface area contributed by atoms with E-state index in [2.05, 4.69) is 32.9 Å². The highest BCUT2D eigenvalue weighted by molar-refractivity contribution is 5.37. The molecule has 0 saturated carbocycles. The standard InChI is InChI=1S/C12H17F/c1-9-7-10(2)12(5-4-6-13)11(3)8-9/h7-8H,4-6H2,1-3H3. The fraction of sp³-hybridized carbons (Fsp3) is 0.500. The van der Waals surface area contributed by atoms with Crippen LogP contribution in [0.15, 0.2) is 12.1 Å². The van der Waals surface area contributed by atoms with Crippen LogP contribution < -0.4 is 0 Å². The van der Waals surface area contributed by atoms with E-state index < -0.39 is 0 Å². The van der Waals surface area contributed by atoms with E-state index in [1.165, 1.54) is 22.3 Å². The SMILES string of the molecule is Cc1cc(C)c(CCCF)c(C)c1. The molecule has 0 bridgehead atoms. The van der Waals surface area contributed by atoms with Crippen LogP contribution >= 0.6 is 0 Å². The van der Waals surface area contributed by atoms with E-state index in [4.69, 9.17) is 0 Å². The van der Waals surface area contributed by atoms with Crippen LogP contribution in [0.1, 0.15) is 28.7 Å². The summed E-state index contributed by atoms with van der Waals surface area (Å²) in [7, 11) is 0. The number of hydrogen-bond donors (Lipinski definition) is 0. The van der Waals surface area contributed by atoms with Gasteiger partial charge in [0.15, 0.2) is 0 Å². The molecule has 1 aromatic rings. The summed E-state index contributed by atoms with van der Waals surface area (Å²) in [5.74, 6) is 0.